The third kappa shape index (κ3) is 35.8. The van der Waals surface area contributed by atoms with E-state index in [1.807, 2.05) is 34.3 Å². The van der Waals surface area contributed by atoms with Crippen LogP contribution >= 0.6 is 0 Å². The lowest BCUT2D eigenvalue weighted by Gasteiger charge is -2.30. The molecule has 0 saturated carbocycles. The summed E-state index contributed by atoms with van der Waals surface area (Å²) in [6.45, 7) is 8.47. The van der Waals surface area contributed by atoms with Gasteiger partial charge in [0, 0.05) is 33.4 Å². The summed E-state index contributed by atoms with van der Waals surface area (Å²) in [4.78, 5) is 59.1. The molecule has 57 heavy (non-hydrogen) atoms. The number of hydrogen-bond donors (Lipinski definition) is 3. The molecule has 0 spiro atoms. The number of aliphatic hydroxyl groups excluding tert-OH is 1. The smallest absolute Gasteiger partial charge is 0.362 e. The molecule has 13 nitrogen and oxygen atoms in total. The van der Waals surface area contributed by atoms with Crippen molar-refractivity contribution in [1.82, 2.24) is 10.6 Å². The summed E-state index contributed by atoms with van der Waals surface area (Å²) in [6, 6.07) is 0. The molecule has 0 aromatic carbocycles. The number of unbranched alkanes of at least 4 members (excludes halogenated alkanes) is 14. The number of nitrogens with zero attached hydrogens (tertiary/aromatic N) is 2. The predicted molar refractivity (Wildman–Crippen MR) is 226 cm³/mol. The van der Waals surface area contributed by atoms with Crippen molar-refractivity contribution in [2.45, 2.75) is 161 Å². The van der Waals surface area contributed by atoms with E-state index in [1.165, 1.54) is 39.5 Å². The van der Waals surface area contributed by atoms with Crippen LogP contribution < -0.4 is 10.6 Å². The molecule has 0 aromatic rings. The quantitative estimate of drug-likeness (QED) is 0.0220. The zero-order valence-electron chi connectivity index (χ0n) is 37.2. The average Bonchev–Trinajstić information content (AvgIpc) is 3.11. The van der Waals surface area contributed by atoms with Crippen LogP contribution in [0.3, 0.4) is 0 Å². The fourth-order valence-electron chi connectivity index (χ4n) is 6.39. The van der Waals surface area contributed by atoms with Gasteiger partial charge >= 0.3 is 17.9 Å². The fraction of sp³-hybridized carbons (Fsp3) is 0.841. The Bertz CT molecular complexity index is 1130. The summed E-state index contributed by atoms with van der Waals surface area (Å²) < 4.78 is 16.6. The van der Waals surface area contributed by atoms with Crippen LogP contribution in [0.2, 0.25) is 0 Å². The van der Waals surface area contributed by atoms with Crippen molar-refractivity contribution in [3.63, 3.8) is 0 Å². The second kappa shape index (κ2) is 33.9. The Morgan fingerprint density at radius 2 is 1.11 bits per heavy atom. The number of quaternary nitrogens is 2. The van der Waals surface area contributed by atoms with E-state index in [0.29, 0.717) is 61.0 Å². The fourth-order valence-corrected chi connectivity index (χ4v) is 6.39. The normalized spacial score (nSPS) is 12.9. The number of likely N-dealkylation sites (N-methyl/N-ethyl adjacent to an activating group) is 2. The Morgan fingerprint density at radius 1 is 0.614 bits per heavy atom. The minimum absolute atomic E-state index is 0.0277. The number of ether oxygens (including phenoxy) is 3. The van der Waals surface area contributed by atoms with Crippen LogP contribution in [0.1, 0.15) is 149 Å². The van der Waals surface area contributed by atoms with Crippen molar-refractivity contribution in [2.24, 2.45) is 0 Å². The number of esters is 3. The van der Waals surface area contributed by atoms with Gasteiger partial charge < -0.3 is 38.9 Å². The van der Waals surface area contributed by atoms with Gasteiger partial charge in [-0.05, 0) is 51.4 Å². The first kappa shape index (κ1) is 54.0. The van der Waals surface area contributed by atoms with Crippen molar-refractivity contribution in [1.29, 1.82) is 0 Å². The molecule has 0 radical (unpaired) electrons. The van der Waals surface area contributed by atoms with Crippen LogP contribution in [0.5, 0.6) is 0 Å². The molecular formula is C44H84N4O9+2. The summed E-state index contributed by atoms with van der Waals surface area (Å²) >= 11 is 0. The molecule has 0 bridgehead atoms. The maximum Gasteiger partial charge on any atom is 0.362 e. The number of nitrogens with one attached hydrogen (secondary N) is 2. The topological polar surface area (TPSA) is 157 Å². The number of aliphatic hydroxyl groups is 1. The van der Waals surface area contributed by atoms with Crippen LogP contribution in [-0.4, -0.2) is 137 Å². The van der Waals surface area contributed by atoms with Crippen molar-refractivity contribution >= 4 is 29.7 Å². The zero-order chi connectivity index (χ0) is 42.8. The number of carbonyl (C=O) groups excluding carboxylic acids is 5. The number of allylic oxidation sites excluding steroid dienone is 1. The summed E-state index contributed by atoms with van der Waals surface area (Å²) in [6.07, 6.45) is 22.5. The standard InChI is InChI=1S/C44H82N4O9/c1-8-9-22-28-41(57-44(54)37-48(6,7)33-35-56-39(3)50)40(51)27-23-18-14-10-11-15-19-24-29-42(52)45-30-25-20-16-12-13-17-21-26-31-46-43(53)36-47(4,5)32-34-55-38(2)49/h18,23,40-41,51H,8-17,19-22,24-37H2,1-7H3/p+2. The van der Waals surface area contributed by atoms with Crippen LogP contribution in [0.15, 0.2) is 12.2 Å². The van der Waals surface area contributed by atoms with Gasteiger partial charge in [-0.25, -0.2) is 4.79 Å². The summed E-state index contributed by atoms with van der Waals surface area (Å²) in [7, 11) is 7.69. The minimum Gasteiger partial charge on any atom is -0.460 e. The van der Waals surface area contributed by atoms with Gasteiger partial charge in [0.25, 0.3) is 5.91 Å². The second-order valence-electron chi connectivity index (χ2n) is 16.9. The van der Waals surface area contributed by atoms with Gasteiger partial charge in [-0.15, -0.1) is 0 Å². The molecule has 13 heteroatoms. The van der Waals surface area contributed by atoms with E-state index >= 15 is 0 Å². The van der Waals surface area contributed by atoms with E-state index < -0.39 is 12.2 Å². The molecule has 2 amide bonds. The van der Waals surface area contributed by atoms with Gasteiger partial charge in [0.2, 0.25) is 5.91 Å². The molecule has 0 heterocycles. The molecular weight excluding hydrogens is 729 g/mol. The third-order valence-corrected chi connectivity index (χ3v) is 10.0. The van der Waals surface area contributed by atoms with Gasteiger partial charge in [0.15, 0.2) is 13.1 Å². The van der Waals surface area contributed by atoms with Crippen LogP contribution in [0, 0.1) is 0 Å². The Labute approximate surface area is 346 Å². The van der Waals surface area contributed by atoms with Crippen LogP contribution in [0.25, 0.3) is 0 Å². The molecule has 0 aliphatic rings. The molecule has 0 aliphatic carbocycles. The predicted octanol–water partition coefficient (Wildman–Crippen LogP) is 6.15. The van der Waals surface area contributed by atoms with E-state index in [4.69, 9.17) is 14.2 Å². The van der Waals surface area contributed by atoms with E-state index in [9.17, 15) is 29.1 Å². The Morgan fingerprint density at radius 3 is 1.65 bits per heavy atom. The van der Waals surface area contributed by atoms with Crippen molar-refractivity contribution < 1.29 is 52.3 Å². The van der Waals surface area contributed by atoms with Gasteiger partial charge in [-0.3, -0.25) is 19.2 Å². The van der Waals surface area contributed by atoms with E-state index in [0.717, 1.165) is 90.0 Å². The van der Waals surface area contributed by atoms with Gasteiger partial charge in [0.1, 0.15) is 32.4 Å². The largest absolute Gasteiger partial charge is 0.460 e. The molecule has 0 fully saturated rings. The molecule has 0 aromatic heterocycles. The lowest BCUT2D eigenvalue weighted by Crippen LogP contribution is -2.49. The van der Waals surface area contributed by atoms with Crippen LogP contribution in [-0.2, 0) is 38.2 Å². The first-order valence-electron chi connectivity index (χ1n) is 22.0. The molecule has 332 valence electrons. The van der Waals surface area contributed by atoms with E-state index in [1.54, 1.807) is 0 Å². The average molecular weight is 813 g/mol. The lowest BCUT2D eigenvalue weighted by atomic mass is 10.0. The van der Waals surface area contributed by atoms with E-state index in [-0.39, 0.29) is 42.9 Å². The maximum atomic E-state index is 12.7. The molecule has 3 N–H and O–H groups in total. The second-order valence-corrected chi connectivity index (χ2v) is 16.9. The highest BCUT2D eigenvalue weighted by molar-refractivity contribution is 5.77. The van der Waals surface area contributed by atoms with Crippen LogP contribution in [0.4, 0.5) is 0 Å². The van der Waals surface area contributed by atoms with Gasteiger partial charge in [-0.2, -0.15) is 0 Å². The van der Waals surface area contributed by atoms with E-state index in [2.05, 4.69) is 23.6 Å². The van der Waals surface area contributed by atoms with Crippen molar-refractivity contribution in [3.8, 4) is 0 Å². The van der Waals surface area contributed by atoms with Gasteiger partial charge in [0.05, 0.1) is 34.3 Å². The Balaban J connectivity index is 3.89. The maximum absolute atomic E-state index is 12.7. The van der Waals surface area contributed by atoms with Crippen molar-refractivity contribution in [2.75, 3.05) is 80.7 Å². The molecule has 2 atom stereocenters. The summed E-state index contributed by atoms with van der Waals surface area (Å²) in [5.74, 6) is -0.824. The highest BCUT2D eigenvalue weighted by Gasteiger charge is 2.27. The first-order chi connectivity index (χ1) is 27.1. The SMILES string of the molecule is CCCCCC(OC(=O)C[N+](C)(C)CCOC(C)=O)C(O)CC=CCCCCCCCC(=O)NCCCCCCCCCCNC(=O)C[N+](C)(C)CCOC(C)=O. The summed E-state index contributed by atoms with van der Waals surface area (Å²) in [5, 5.41) is 16.9. The molecule has 0 rings (SSSR count). The third-order valence-electron chi connectivity index (χ3n) is 10.0. The molecule has 0 aliphatic heterocycles. The van der Waals surface area contributed by atoms with Gasteiger partial charge in [-0.1, -0.05) is 89.7 Å². The minimum atomic E-state index is -0.753. The number of carbonyl (C=O) groups is 5. The zero-order valence-corrected chi connectivity index (χ0v) is 37.2. The molecule has 2 unspecified atom stereocenters. The number of amides is 2. The first-order valence-corrected chi connectivity index (χ1v) is 22.0. The number of rotatable bonds is 37. The summed E-state index contributed by atoms with van der Waals surface area (Å²) in [5.41, 5.74) is 0. The molecule has 0 saturated heterocycles. The monoisotopic (exact) mass is 813 g/mol. The number of hydrogen-bond acceptors (Lipinski definition) is 9. The highest BCUT2D eigenvalue weighted by atomic mass is 16.6. The highest BCUT2D eigenvalue weighted by Crippen LogP contribution is 2.16. The van der Waals surface area contributed by atoms with Crippen molar-refractivity contribution in [3.05, 3.63) is 12.2 Å². The Kier molecular flexibility index (Phi) is 32.1. The Hall–Kier alpha value is -3.03. The lowest BCUT2D eigenvalue weighted by molar-refractivity contribution is -0.883.